The highest BCUT2D eigenvalue weighted by atomic mass is 16.5. The van der Waals surface area contributed by atoms with Crippen LogP contribution in [0, 0.1) is 18.3 Å². The molecule has 0 bridgehead atoms. The molecule has 1 heterocycles. The van der Waals surface area contributed by atoms with Crippen molar-refractivity contribution in [2.45, 2.75) is 13.5 Å². The first-order valence-electron chi connectivity index (χ1n) is 5.53. The number of hydrogen-bond donors (Lipinski definition) is 1. The van der Waals surface area contributed by atoms with Gasteiger partial charge in [-0.05, 0) is 25.1 Å². The maximum Gasteiger partial charge on any atom is 0.133 e. The van der Waals surface area contributed by atoms with E-state index >= 15 is 0 Å². The summed E-state index contributed by atoms with van der Waals surface area (Å²) in [5.74, 6) is 0.786. The van der Waals surface area contributed by atoms with Crippen LogP contribution in [0.25, 0.3) is 0 Å². The quantitative estimate of drug-likeness (QED) is 0.833. The van der Waals surface area contributed by atoms with E-state index in [1.165, 1.54) is 0 Å². The van der Waals surface area contributed by atoms with Gasteiger partial charge in [0.15, 0.2) is 0 Å². The molecule has 5 nitrogen and oxygen atoms in total. The van der Waals surface area contributed by atoms with Crippen LogP contribution in [-0.2, 0) is 6.54 Å². The number of nitrogens with zero attached hydrogens (tertiary/aromatic N) is 3. The first kappa shape index (κ1) is 12.0. The molecule has 2 aromatic rings. The molecule has 1 aromatic carbocycles. The molecule has 0 radical (unpaired) electrons. The van der Waals surface area contributed by atoms with E-state index in [2.05, 4.69) is 11.2 Å². The second-order valence-corrected chi connectivity index (χ2v) is 4.17. The Balaban J connectivity index is 2.19. The Kier molecular flexibility index (Phi) is 3.20. The minimum atomic E-state index is 0.482. The summed E-state index contributed by atoms with van der Waals surface area (Å²) in [5, 5.41) is 12.9. The van der Waals surface area contributed by atoms with Crippen molar-refractivity contribution < 1.29 is 4.52 Å². The average Bonchev–Trinajstić information content (AvgIpc) is 2.75. The average molecular weight is 242 g/mol. The Bertz CT molecular complexity index is 597. The van der Waals surface area contributed by atoms with Crippen LogP contribution in [0.3, 0.4) is 0 Å². The van der Waals surface area contributed by atoms with E-state index in [1.54, 1.807) is 12.1 Å². The molecule has 0 aliphatic rings. The van der Waals surface area contributed by atoms with E-state index < -0.39 is 0 Å². The molecule has 92 valence electrons. The van der Waals surface area contributed by atoms with Crippen LogP contribution in [0.15, 0.2) is 28.8 Å². The van der Waals surface area contributed by atoms with E-state index in [4.69, 9.17) is 15.5 Å². The minimum absolute atomic E-state index is 0.482. The van der Waals surface area contributed by atoms with Crippen LogP contribution < -0.4 is 10.6 Å². The van der Waals surface area contributed by atoms with Gasteiger partial charge in [-0.25, -0.2) is 0 Å². The minimum Gasteiger partial charge on any atom is -0.398 e. The Morgan fingerprint density at radius 3 is 2.83 bits per heavy atom. The van der Waals surface area contributed by atoms with Crippen molar-refractivity contribution in [1.29, 1.82) is 5.26 Å². The van der Waals surface area contributed by atoms with Gasteiger partial charge < -0.3 is 15.2 Å². The van der Waals surface area contributed by atoms with Crippen LogP contribution in [0.1, 0.15) is 17.0 Å². The molecule has 2 N–H and O–H groups in total. The number of nitrogens with two attached hydrogens (primary N) is 1. The van der Waals surface area contributed by atoms with Gasteiger partial charge >= 0.3 is 0 Å². The standard InChI is InChI=1S/C13H14N4O/c1-9-5-11(16-18-9)8-17(2)12-3-4-13(15)10(6-12)7-14/h3-6H,8,15H2,1-2H3. The third kappa shape index (κ3) is 2.43. The van der Waals surface area contributed by atoms with Crippen LogP contribution in [-0.4, -0.2) is 12.2 Å². The topological polar surface area (TPSA) is 79.1 Å². The highest BCUT2D eigenvalue weighted by Gasteiger charge is 2.08. The highest BCUT2D eigenvalue weighted by molar-refractivity contribution is 5.62. The number of aryl methyl sites for hydroxylation is 1. The Labute approximate surface area is 105 Å². The second-order valence-electron chi connectivity index (χ2n) is 4.17. The van der Waals surface area contributed by atoms with Crippen molar-refractivity contribution in [3.63, 3.8) is 0 Å². The zero-order valence-corrected chi connectivity index (χ0v) is 10.3. The largest absolute Gasteiger partial charge is 0.398 e. The van der Waals surface area contributed by atoms with Crippen molar-refractivity contribution in [3.8, 4) is 6.07 Å². The number of nitriles is 1. The van der Waals surface area contributed by atoms with Crippen LogP contribution >= 0.6 is 0 Å². The summed E-state index contributed by atoms with van der Waals surface area (Å²) in [5.41, 5.74) is 8.43. The molecule has 0 aliphatic heterocycles. The Morgan fingerprint density at radius 2 is 2.22 bits per heavy atom. The summed E-state index contributed by atoms with van der Waals surface area (Å²) in [6.45, 7) is 2.47. The van der Waals surface area contributed by atoms with Gasteiger partial charge in [0.05, 0.1) is 12.1 Å². The van der Waals surface area contributed by atoms with Gasteiger partial charge in [0, 0.05) is 24.5 Å². The van der Waals surface area contributed by atoms with Crippen molar-refractivity contribution in [2.24, 2.45) is 0 Å². The monoisotopic (exact) mass is 242 g/mol. The number of hydrogen-bond acceptors (Lipinski definition) is 5. The second kappa shape index (κ2) is 4.80. The van der Waals surface area contributed by atoms with E-state index in [9.17, 15) is 0 Å². The van der Waals surface area contributed by atoms with E-state index in [0.717, 1.165) is 17.1 Å². The fourth-order valence-corrected chi connectivity index (χ4v) is 1.71. The third-order valence-corrected chi connectivity index (χ3v) is 2.67. The van der Waals surface area contributed by atoms with Crippen molar-refractivity contribution in [3.05, 3.63) is 41.3 Å². The molecule has 0 atom stereocenters. The molecule has 2 rings (SSSR count). The maximum atomic E-state index is 8.94. The van der Waals surface area contributed by atoms with E-state index in [-0.39, 0.29) is 0 Å². The van der Waals surface area contributed by atoms with E-state index in [1.807, 2.05) is 31.0 Å². The molecular weight excluding hydrogens is 228 g/mol. The summed E-state index contributed by atoms with van der Waals surface area (Å²) < 4.78 is 5.02. The lowest BCUT2D eigenvalue weighted by Crippen LogP contribution is -2.16. The summed E-state index contributed by atoms with van der Waals surface area (Å²) in [7, 11) is 1.93. The zero-order valence-electron chi connectivity index (χ0n) is 10.3. The van der Waals surface area contributed by atoms with Crippen molar-refractivity contribution >= 4 is 11.4 Å². The van der Waals surface area contributed by atoms with Crippen LogP contribution in [0.4, 0.5) is 11.4 Å². The molecule has 0 amide bonds. The molecule has 18 heavy (non-hydrogen) atoms. The first-order chi connectivity index (χ1) is 8.60. The molecular formula is C13H14N4O. The number of benzene rings is 1. The lowest BCUT2D eigenvalue weighted by molar-refractivity contribution is 0.390. The van der Waals surface area contributed by atoms with Crippen molar-refractivity contribution in [2.75, 3.05) is 17.7 Å². The van der Waals surface area contributed by atoms with Crippen LogP contribution in [0.2, 0.25) is 0 Å². The summed E-state index contributed by atoms with van der Waals surface area (Å²) in [6.07, 6.45) is 0. The third-order valence-electron chi connectivity index (χ3n) is 2.67. The number of rotatable bonds is 3. The van der Waals surface area contributed by atoms with E-state index in [0.29, 0.717) is 17.8 Å². The van der Waals surface area contributed by atoms with Crippen LogP contribution in [0.5, 0.6) is 0 Å². The molecule has 0 saturated carbocycles. The fraction of sp³-hybridized carbons (Fsp3) is 0.231. The fourth-order valence-electron chi connectivity index (χ4n) is 1.71. The molecule has 0 spiro atoms. The molecule has 0 saturated heterocycles. The smallest absolute Gasteiger partial charge is 0.133 e. The normalized spacial score (nSPS) is 10.1. The molecule has 1 aromatic heterocycles. The predicted molar refractivity (Wildman–Crippen MR) is 68.9 cm³/mol. The van der Waals surface area contributed by atoms with Gasteiger partial charge in [0.25, 0.3) is 0 Å². The predicted octanol–water partition coefficient (Wildman–Crippen LogP) is 2.07. The summed E-state index contributed by atoms with van der Waals surface area (Å²) in [4.78, 5) is 1.98. The van der Waals surface area contributed by atoms with Gasteiger partial charge in [-0.3, -0.25) is 0 Å². The lowest BCUT2D eigenvalue weighted by Gasteiger charge is -2.18. The Morgan fingerprint density at radius 1 is 1.44 bits per heavy atom. The lowest BCUT2D eigenvalue weighted by atomic mass is 10.1. The SMILES string of the molecule is Cc1cc(CN(C)c2ccc(N)c(C#N)c2)no1. The Hall–Kier alpha value is -2.48. The van der Waals surface area contributed by atoms with Gasteiger partial charge in [0.2, 0.25) is 0 Å². The number of nitrogen functional groups attached to an aromatic ring is 1. The molecule has 0 aliphatic carbocycles. The molecule has 5 heteroatoms. The van der Waals surface area contributed by atoms with Crippen molar-refractivity contribution in [1.82, 2.24) is 5.16 Å². The number of anilines is 2. The van der Waals surface area contributed by atoms with Gasteiger partial charge in [-0.2, -0.15) is 5.26 Å². The summed E-state index contributed by atoms with van der Waals surface area (Å²) >= 11 is 0. The number of aromatic nitrogens is 1. The summed E-state index contributed by atoms with van der Waals surface area (Å²) in [6, 6.07) is 9.34. The van der Waals surface area contributed by atoms with Gasteiger partial charge in [-0.1, -0.05) is 5.16 Å². The van der Waals surface area contributed by atoms with Gasteiger partial charge in [-0.15, -0.1) is 0 Å². The zero-order chi connectivity index (χ0) is 13.1. The molecule has 0 fully saturated rings. The molecule has 0 unspecified atom stereocenters. The van der Waals surface area contributed by atoms with Gasteiger partial charge in [0.1, 0.15) is 17.5 Å². The maximum absolute atomic E-state index is 8.94. The highest BCUT2D eigenvalue weighted by Crippen LogP contribution is 2.21. The first-order valence-corrected chi connectivity index (χ1v) is 5.53.